The number of fused-ring (bicyclic) bond motifs is 5. The van der Waals surface area contributed by atoms with E-state index in [1.165, 1.54) is 29.6 Å². The van der Waals surface area contributed by atoms with Crippen molar-refractivity contribution in [3.63, 3.8) is 0 Å². The first-order valence-electron chi connectivity index (χ1n) is 11.2. The van der Waals surface area contributed by atoms with Crippen molar-refractivity contribution in [1.29, 1.82) is 0 Å². The highest BCUT2D eigenvalue weighted by Gasteiger charge is 2.57. The summed E-state index contributed by atoms with van der Waals surface area (Å²) in [6.07, 6.45) is 15.0. The van der Waals surface area contributed by atoms with E-state index in [0.29, 0.717) is 30.6 Å². The third kappa shape index (κ3) is 3.19. The number of hydrogen-bond donors (Lipinski definition) is 1. The molecule has 6 atom stereocenters. The van der Waals surface area contributed by atoms with E-state index in [2.05, 4.69) is 37.0 Å². The zero-order valence-electron chi connectivity index (χ0n) is 17.8. The van der Waals surface area contributed by atoms with Gasteiger partial charge in [0.1, 0.15) is 0 Å². The van der Waals surface area contributed by atoms with Crippen LogP contribution in [-0.2, 0) is 14.6 Å². The van der Waals surface area contributed by atoms with Crippen molar-refractivity contribution in [2.75, 3.05) is 0 Å². The molecule has 0 radical (unpaired) electrons. The van der Waals surface area contributed by atoms with E-state index >= 15 is 0 Å². The van der Waals surface area contributed by atoms with Gasteiger partial charge in [-0.25, -0.2) is 4.18 Å². The Hall–Kier alpha value is -1.50. The number of aromatic nitrogens is 1. The number of hydrogen-bond acceptors (Lipinski definition) is 4. The molecule has 4 aliphatic carbocycles. The van der Waals surface area contributed by atoms with Crippen molar-refractivity contribution in [1.82, 2.24) is 4.98 Å². The molecule has 1 N–H and O–H groups in total. The van der Waals surface area contributed by atoms with Gasteiger partial charge in [0, 0.05) is 12.4 Å². The molecule has 0 spiro atoms. The monoisotopic (exact) mass is 429 g/mol. The second kappa shape index (κ2) is 7.01. The molecule has 0 unspecified atom stereocenters. The van der Waals surface area contributed by atoms with Gasteiger partial charge in [0.2, 0.25) is 0 Å². The third-order valence-corrected chi connectivity index (χ3v) is 9.39. The van der Waals surface area contributed by atoms with Crippen molar-refractivity contribution in [2.24, 2.45) is 28.6 Å². The first-order valence-corrected chi connectivity index (χ1v) is 12.5. The lowest BCUT2D eigenvalue weighted by Gasteiger charge is -2.57. The van der Waals surface area contributed by atoms with Gasteiger partial charge in [0.05, 0.1) is 6.10 Å². The van der Waals surface area contributed by atoms with Gasteiger partial charge in [-0.05, 0) is 90.7 Å². The van der Waals surface area contributed by atoms with Gasteiger partial charge in [-0.1, -0.05) is 37.6 Å². The van der Waals surface area contributed by atoms with E-state index < -0.39 is 16.5 Å². The predicted octanol–water partition coefficient (Wildman–Crippen LogP) is 5.23. The smallest absolute Gasteiger partial charge is 0.264 e. The summed E-state index contributed by atoms with van der Waals surface area (Å²) in [5.41, 5.74) is 4.40. The zero-order valence-corrected chi connectivity index (χ0v) is 18.6. The molecule has 6 heteroatoms. The summed E-state index contributed by atoms with van der Waals surface area (Å²) in [5, 5.41) is 0. The highest BCUT2D eigenvalue weighted by atomic mass is 32.3. The first kappa shape index (κ1) is 20.4. The predicted molar refractivity (Wildman–Crippen MR) is 116 cm³/mol. The van der Waals surface area contributed by atoms with E-state index in [1.807, 2.05) is 18.5 Å². The first-order chi connectivity index (χ1) is 14.2. The Morgan fingerprint density at radius 1 is 1.10 bits per heavy atom. The van der Waals surface area contributed by atoms with Gasteiger partial charge >= 0.3 is 10.4 Å². The fourth-order valence-electron chi connectivity index (χ4n) is 7.42. The molecule has 0 aromatic carbocycles. The maximum Gasteiger partial charge on any atom is 0.397 e. The highest BCUT2D eigenvalue weighted by Crippen LogP contribution is 2.66. The third-order valence-electron chi connectivity index (χ3n) is 8.87. The summed E-state index contributed by atoms with van der Waals surface area (Å²) in [7, 11) is -4.40. The molecule has 162 valence electrons. The molecule has 4 aliphatic rings. The van der Waals surface area contributed by atoms with Crippen molar-refractivity contribution < 1.29 is 17.2 Å². The molecular formula is C24H31NO4S. The fourth-order valence-corrected chi connectivity index (χ4v) is 7.93. The van der Waals surface area contributed by atoms with Gasteiger partial charge in [0.15, 0.2) is 0 Å². The maximum absolute atomic E-state index is 11.2. The number of nitrogens with zero attached hydrogens (tertiary/aromatic N) is 1. The van der Waals surface area contributed by atoms with Crippen LogP contribution in [0.25, 0.3) is 5.57 Å². The van der Waals surface area contributed by atoms with Crippen molar-refractivity contribution in [3.05, 3.63) is 47.8 Å². The quantitative estimate of drug-likeness (QED) is 0.526. The summed E-state index contributed by atoms with van der Waals surface area (Å²) in [5.74, 6) is 1.93. The van der Waals surface area contributed by atoms with E-state index in [-0.39, 0.29) is 10.8 Å². The van der Waals surface area contributed by atoms with Gasteiger partial charge < -0.3 is 0 Å². The van der Waals surface area contributed by atoms with E-state index in [9.17, 15) is 8.42 Å². The zero-order chi connectivity index (χ0) is 21.1. The number of allylic oxidation sites excluding steroid dienone is 3. The molecule has 0 saturated heterocycles. The van der Waals surface area contributed by atoms with Crippen LogP contribution in [0.3, 0.4) is 0 Å². The lowest BCUT2D eigenvalue weighted by molar-refractivity contribution is -0.0214. The molecule has 5 rings (SSSR count). The Balaban J connectivity index is 1.40. The standard InChI is InChI=1S/C24H31NO4S/c1-23-11-9-18(29-30(26,27)28)14-17(23)5-6-19-21-8-7-20(16-4-3-13-25-15-16)24(21,2)12-10-22(19)23/h3-5,7,13,15,18-19,21-22H,6,8-12,14H2,1-2H3,(H,26,27,28)/t18-,19+,21+,22+,23+,24-/m1/s1. The van der Waals surface area contributed by atoms with Crippen LogP contribution >= 0.6 is 0 Å². The topological polar surface area (TPSA) is 76.5 Å². The van der Waals surface area contributed by atoms with Crippen molar-refractivity contribution in [3.8, 4) is 0 Å². The average molecular weight is 430 g/mol. The summed E-state index contributed by atoms with van der Waals surface area (Å²) >= 11 is 0. The van der Waals surface area contributed by atoms with Crippen LogP contribution in [0.5, 0.6) is 0 Å². The average Bonchev–Trinajstić information content (AvgIpc) is 3.05. The van der Waals surface area contributed by atoms with Crippen molar-refractivity contribution >= 4 is 16.0 Å². The van der Waals surface area contributed by atoms with Crippen LogP contribution in [0.4, 0.5) is 0 Å². The summed E-state index contributed by atoms with van der Waals surface area (Å²) in [6.45, 7) is 4.84. The van der Waals surface area contributed by atoms with E-state index in [1.54, 1.807) is 0 Å². The minimum atomic E-state index is -4.40. The second-order valence-electron chi connectivity index (χ2n) is 10.2. The van der Waals surface area contributed by atoms with Crippen LogP contribution < -0.4 is 0 Å². The molecule has 0 aliphatic heterocycles. The molecule has 30 heavy (non-hydrogen) atoms. The Morgan fingerprint density at radius 3 is 2.63 bits per heavy atom. The van der Waals surface area contributed by atoms with Gasteiger partial charge in [-0.15, -0.1) is 0 Å². The molecule has 0 amide bonds. The Labute approximate surface area is 179 Å². The Bertz CT molecular complexity index is 1000. The van der Waals surface area contributed by atoms with E-state index in [4.69, 9.17) is 8.74 Å². The fraction of sp³-hybridized carbons (Fsp3) is 0.625. The van der Waals surface area contributed by atoms with Crippen LogP contribution in [0, 0.1) is 28.6 Å². The van der Waals surface area contributed by atoms with Gasteiger partial charge in [0.25, 0.3) is 0 Å². The number of rotatable bonds is 3. The normalized spacial score (nSPS) is 40.6. The summed E-state index contributed by atoms with van der Waals surface area (Å²) in [4.78, 5) is 4.35. The SMILES string of the molecule is C[C@]12CC[C@@H](OS(=O)(=O)O)CC1=CC[C@@H]1[C@@H]2CC[C@]2(C)C(c3cccnc3)=CC[C@@H]12. The van der Waals surface area contributed by atoms with Crippen LogP contribution in [0.1, 0.15) is 64.4 Å². The summed E-state index contributed by atoms with van der Waals surface area (Å²) < 4.78 is 36.4. The lowest BCUT2D eigenvalue weighted by Crippen LogP contribution is -2.50. The number of pyridine rings is 1. The van der Waals surface area contributed by atoms with Crippen molar-refractivity contribution in [2.45, 2.75) is 64.9 Å². The minimum absolute atomic E-state index is 0.111. The molecule has 2 saturated carbocycles. The molecule has 2 fully saturated rings. The van der Waals surface area contributed by atoms with Crippen LogP contribution in [-0.4, -0.2) is 24.1 Å². The Kier molecular flexibility index (Phi) is 4.77. The molecule has 1 aromatic heterocycles. The molecule has 1 aromatic rings. The maximum atomic E-state index is 11.2. The molecule has 5 nitrogen and oxygen atoms in total. The molecule has 0 bridgehead atoms. The second-order valence-corrected chi connectivity index (χ2v) is 11.2. The van der Waals surface area contributed by atoms with Crippen LogP contribution in [0.15, 0.2) is 42.3 Å². The molecule has 1 heterocycles. The largest absolute Gasteiger partial charge is 0.397 e. The summed E-state index contributed by atoms with van der Waals surface area (Å²) in [6, 6.07) is 4.22. The van der Waals surface area contributed by atoms with Gasteiger partial charge in [-0.2, -0.15) is 8.42 Å². The van der Waals surface area contributed by atoms with E-state index in [0.717, 1.165) is 19.3 Å². The minimum Gasteiger partial charge on any atom is -0.264 e. The van der Waals surface area contributed by atoms with Gasteiger partial charge in [-0.3, -0.25) is 9.54 Å². The van der Waals surface area contributed by atoms with Crippen LogP contribution in [0.2, 0.25) is 0 Å². The Morgan fingerprint density at radius 2 is 1.90 bits per heavy atom. The highest BCUT2D eigenvalue weighted by molar-refractivity contribution is 7.80. The lowest BCUT2D eigenvalue weighted by atomic mass is 9.47. The molecular weight excluding hydrogens is 398 g/mol.